The van der Waals surface area contributed by atoms with E-state index in [4.69, 9.17) is 0 Å². The highest BCUT2D eigenvalue weighted by Gasteiger charge is 2.17. The van der Waals surface area contributed by atoms with Gasteiger partial charge in [-0.25, -0.2) is 4.68 Å². The Morgan fingerprint density at radius 2 is 2.00 bits per heavy atom. The van der Waals surface area contributed by atoms with Crippen molar-refractivity contribution in [1.29, 1.82) is 0 Å². The van der Waals surface area contributed by atoms with Crippen molar-refractivity contribution < 1.29 is 4.79 Å². The number of aromatic nitrogens is 2. The fourth-order valence-electron chi connectivity index (χ4n) is 2.99. The Bertz CT molecular complexity index is 963. The number of nitrogens with zero attached hydrogens (tertiary/aromatic N) is 3. The standard InChI is InChI=1S/C19H22N4O2S/c1-22(2)17(13-8-9-26-12-13)11-20-18(24)10-16-14-6-4-5-7-15(14)19(25)23(3)21-16/h4-9,12,17H,10-11H2,1-3H3,(H,20,24)/t17-/m1/s1. The molecule has 0 radical (unpaired) electrons. The lowest BCUT2D eigenvalue weighted by atomic mass is 10.1. The van der Waals surface area contributed by atoms with E-state index >= 15 is 0 Å². The summed E-state index contributed by atoms with van der Waals surface area (Å²) in [6, 6.07) is 9.46. The zero-order valence-corrected chi connectivity index (χ0v) is 15.9. The second-order valence-corrected chi connectivity index (χ2v) is 7.22. The van der Waals surface area contributed by atoms with E-state index in [-0.39, 0.29) is 23.9 Å². The van der Waals surface area contributed by atoms with E-state index in [1.165, 1.54) is 10.2 Å². The first kappa shape index (κ1) is 18.3. The molecule has 0 aliphatic carbocycles. The highest BCUT2D eigenvalue weighted by molar-refractivity contribution is 7.07. The van der Waals surface area contributed by atoms with E-state index in [2.05, 4.69) is 26.8 Å². The number of benzene rings is 1. The Morgan fingerprint density at radius 3 is 2.65 bits per heavy atom. The molecule has 1 aromatic carbocycles. The second-order valence-electron chi connectivity index (χ2n) is 6.44. The van der Waals surface area contributed by atoms with Crippen molar-refractivity contribution in [2.24, 2.45) is 7.05 Å². The molecular formula is C19H22N4O2S. The van der Waals surface area contributed by atoms with Gasteiger partial charge in [-0.15, -0.1) is 0 Å². The molecule has 0 spiro atoms. The largest absolute Gasteiger partial charge is 0.354 e. The zero-order chi connectivity index (χ0) is 18.7. The van der Waals surface area contributed by atoms with Gasteiger partial charge in [-0.05, 0) is 42.6 Å². The van der Waals surface area contributed by atoms with E-state index in [1.54, 1.807) is 24.5 Å². The van der Waals surface area contributed by atoms with E-state index in [0.29, 0.717) is 17.6 Å². The van der Waals surface area contributed by atoms with Crippen LogP contribution >= 0.6 is 11.3 Å². The van der Waals surface area contributed by atoms with Crippen LogP contribution < -0.4 is 10.9 Å². The van der Waals surface area contributed by atoms with Crippen LogP contribution in [0, 0.1) is 0 Å². The summed E-state index contributed by atoms with van der Waals surface area (Å²) in [5.41, 5.74) is 1.64. The minimum absolute atomic E-state index is 0.108. The van der Waals surface area contributed by atoms with Gasteiger partial charge >= 0.3 is 0 Å². The Morgan fingerprint density at radius 1 is 1.27 bits per heavy atom. The number of thiophene rings is 1. The van der Waals surface area contributed by atoms with Crippen molar-refractivity contribution in [2.45, 2.75) is 12.5 Å². The first-order chi connectivity index (χ1) is 12.5. The van der Waals surface area contributed by atoms with Crippen LogP contribution in [0.3, 0.4) is 0 Å². The molecule has 0 aliphatic rings. The van der Waals surface area contributed by atoms with Gasteiger partial charge in [0.25, 0.3) is 5.56 Å². The van der Waals surface area contributed by atoms with Gasteiger partial charge in [-0.1, -0.05) is 18.2 Å². The molecule has 26 heavy (non-hydrogen) atoms. The minimum Gasteiger partial charge on any atom is -0.354 e. The van der Waals surface area contributed by atoms with Gasteiger partial charge in [-0.3, -0.25) is 9.59 Å². The summed E-state index contributed by atoms with van der Waals surface area (Å²) < 4.78 is 1.29. The average Bonchev–Trinajstić information content (AvgIpc) is 3.13. The molecule has 0 aliphatic heterocycles. The number of carbonyl (C=O) groups is 1. The molecule has 6 nitrogen and oxygen atoms in total. The van der Waals surface area contributed by atoms with Crippen molar-refractivity contribution in [3.8, 4) is 0 Å². The fourth-order valence-corrected chi connectivity index (χ4v) is 3.70. The first-order valence-corrected chi connectivity index (χ1v) is 9.32. The monoisotopic (exact) mass is 370 g/mol. The highest BCUT2D eigenvalue weighted by atomic mass is 32.1. The normalized spacial score (nSPS) is 12.5. The predicted octanol–water partition coefficient (Wildman–Crippen LogP) is 1.96. The maximum absolute atomic E-state index is 12.5. The molecule has 1 N–H and O–H groups in total. The summed E-state index contributed by atoms with van der Waals surface area (Å²) in [6.07, 6.45) is 0.137. The maximum atomic E-state index is 12.5. The topological polar surface area (TPSA) is 67.2 Å². The molecule has 1 amide bonds. The molecule has 3 aromatic rings. The summed E-state index contributed by atoms with van der Waals surface area (Å²) >= 11 is 1.64. The number of fused-ring (bicyclic) bond motifs is 1. The van der Waals surface area contributed by atoms with Gasteiger partial charge in [0, 0.05) is 19.0 Å². The quantitative estimate of drug-likeness (QED) is 0.720. The van der Waals surface area contributed by atoms with Crippen molar-refractivity contribution in [1.82, 2.24) is 20.0 Å². The Balaban J connectivity index is 1.75. The Labute approximate surface area is 156 Å². The number of amides is 1. The van der Waals surface area contributed by atoms with E-state index in [9.17, 15) is 9.59 Å². The van der Waals surface area contributed by atoms with Gasteiger partial charge in [0.1, 0.15) is 0 Å². The lowest BCUT2D eigenvalue weighted by Crippen LogP contribution is -2.35. The lowest BCUT2D eigenvalue weighted by molar-refractivity contribution is -0.120. The van der Waals surface area contributed by atoms with Crippen LogP contribution in [0.2, 0.25) is 0 Å². The number of hydrogen-bond acceptors (Lipinski definition) is 5. The van der Waals surface area contributed by atoms with Crippen molar-refractivity contribution in [3.63, 3.8) is 0 Å². The molecule has 136 valence electrons. The van der Waals surface area contributed by atoms with Gasteiger partial charge in [-0.2, -0.15) is 16.4 Å². The summed E-state index contributed by atoms with van der Waals surface area (Å²) in [5.74, 6) is -0.108. The molecule has 2 aromatic heterocycles. The summed E-state index contributed by atoms with van der Waals surface area (Å²) in [5, 5.41) is 12.7. The number of carbonyl (C=O) groups excluding carboxylic acids is 1. The third-order valence-corrected chi connectivity index (χ3v) is 5.11. The zero-order valence-electron chi connectivity index (χ0n) is 15.1. The Hall–Kier alpha value is -2.51. The van der Waals surface area contributed by atoms with Gasteiger partial charge < -0.3 is 10.2 Å². The van der Waals surface area contributed by atoms with Crippen LogP contribution in [0.5, 0.6) is 0 Å². The van der Waals surface area contributed by atoms with Gasteiger partial charge in [0.15, 0.2) is 0 Å². The maximum Gasteiger partial charge on any atom is 0.274 e. The SMILES string of the molecule is CN(C)[C@H](CNC(=O)Cc1nn(C)c(=O)c2ccccc12)c1ccsc1. The molecule has 0 unspecified atom stereocenters. The molecule has 0 fully saturated rings. The van der Waals surface area contributed by atoms with Gasteiger partial charge in [0.2, 0.25) is 5.91 Å². The van der Waals surface area contributed by atoms with Crippen LogP contribution in [0.1, 0.15) is 17.3 Å². The molecule has 3 rings (SSSR count). The predicted molar refractivity (Wildman–Crippen MR) is 104 cm³/mol. The highest BCUT2D eigenvalue weighted by Crippen LogP contribution is 2.20. The third-order valence-electron chi connectivity index (χ3n) is 4.40. The van der Waals surface area contributed by atoms with Crippen LogP contribution in [0.25, 0.3) is 10.8 Å². The van der Waals surface area contributed by atoms with E-state index in [0.717, 1.165) is 5.39 Å². The van der Waals surface area contributed by atoms with Gasteiger partial charge in [0.05, 0.1) is 23.5 Å². The van der Waals surface area contributed by atoms with E-state index < -0.39 is 0 Å². The minimum atomic E-state index is -0.158. The second kappa shape index (κ2) is 7.80. The number of likely N-dealkylation sites (N-methyl/N-ethyl adjacent to an activating group) is 1. The fraction of sp³-hybridized carbons (Fsp3) is 0.316. The number of rotatable bonds is 6. The van der Waals surface area contributed by atoms with E-state index in [1.807, 2.05) is 37.7 Å². The molecule has 2 heterocycles. The number of aryl methyl sites for hydroxylation is 1. The van der Waals surface area contributed by atoms with Crippen molar-refractivity contribution in [3.05, 3.63) is 62.7 Å². The Kier molecular flexibility index (Phi) is 5.49. The number of nitrogens with one attached hydrogen (secondary N) is 1. The van der Waals surface area contributed by atoms with Crippen LogP contribution in [0.15, 0.2) is 45.9 Å². The lowest BCUT2D eigenvalue weighted by Gasteiger charge is -2.24. The molecular weight excluding hydrogens is 348 g/mol. The third kappa shape index (κ3) is 3.84. The molecule has 0 saturated carbocycles. The summed E-state index contributed by atoms with van der Waals surface area (Å²) in [7, 11) is 5.60. The van der Waals surface area contributed by atoms with Crippen molar-refractivity contribution >= 4 is 28.0 Å². The summed E-state index contributed by atoms with van der Waals surface area (Å²) in [4.78, 5) is 26.8. The molecule has 1 atom stereocenters. The van der Waals surface area contributed by atoms with Crippen LogP contribution in [-0.4, -0.2) is 41.2 Å². The molecule has 7 heteroatoms. The van der Waals surface area contributed by atoms with Crippen LogP contribution in [-0.2, 0) is 18.3 Å². The van der Waals surface area contributed by atoms with Crippen LogP contribution in [0.4, 0.5) is 0 Å². The first-order valence-electron chi connectivity index (χ1n) is 8.37. The van der Waals surface area contributed by atoms with Crippen molar-refractivity contribution in [2.75, 3.05) is 20.6 Å². The average molecular weight is 370 g/mol. The molecule has 0 saturated heterocycles. The summed E-state index contributed by atoms with van der Waals surface area (Å²) in [6.45, 7) is 0.520. The number of hydrogen-bond donors (Lipinski definition) is 1. The molecule has 0 bridgehead atoms. The smallest absolute Gasteiger partial charge is 0.274 e.